The maximum atomic E-state index is 14.1. The van der Waals surface area contributed by atoms with E-state index in [0.717, 1.165) is 12.1 Å². The van der Waals surface area contributed by atoms with Gasteiger partial charge in [0.05, 0.1) is 34.6 Å². The van der Waals surface area contributed by atoms with Crippen molar-refractivity contribution in [3.63, 3.8) is 0 Å². The van der Waals surface area contributed by atoms with Crippen molar-refractivity contribution in [3.8, 4) is 0 Å². The molecule has 2 fully saturated rings. The fraction of sp³-hybridized carbons (Fsp3) is 0.276. The Hall–Kier alpha value is -4.33. The van der Waals surface area contributed by atoms with Crippen molar-refractivity contribution in [1.29, 1.82) is 0 Å². The van der Waals surface area contributed by atoms with Gasteiger partial charge in [0.15, 0.2) is 0 Å². The molecular weight excluding hydrogens is 468 g/mol. The van der Waals surface area contributed by atoms with Gasteiger partial charge in [-0.1, -0.05) is 43.3 Å². The third kappa shape index (κ3) is 3.47. The van der Waals surface area contributed by atoms with Gasteiger partial charge < -0.3 is 4.90 Å². The number of benzene rings is 2. The van der Waals surface area contributed by atoms with Crippen LogP contribution in [0, 0.1) is 11.8 Å². The minimum absolute atomic E-state index is 0.0434. The van der Waals surface area contributed by atoms with Crippen molar-refractivity contribution in [2.24, 2.45) is 11.8 Å². The second kappa shape index (κ2) is 8.96. The smallest absolute Gasteiger partial charge is 0.257 e. The van der Waals surface area contributed by atoms with Crippen LogP contribution in [0.2, 0.25) is 0 Å². The summed E-state index contributed by atoms with van der Waals surface area (Å²) in [5, 5.41) is 0. The Morgan fingerprint density at radius 3 is 2.05 bits per heavy atom. The monoisotopic (exact) mass is 494 g/mol. The summed E-state index contributed by atoms with van der Waals surface area (Å²) in [6.45, 7) is 2.58. The van der Waals surface area contributed by atoms with E-state index < -0.39 is 23.8 Å². The molecule has 3 aromatic rings. The number of nitrogens with zero attached hydrogens (tertiary/aromatic N) is 4. The number of hydrogen-bond donors (Lipinski definition) is 0. The standard InChI is InChI=1S/C29H26N4O4/c1-2-16-31-21-14-9-15-30-25(21)23(20-17-22(34)32(27(20)35)18-10-5-3-6-11-18)24-26(31)29(37)33(28(24)36)19-12-7-4-8-13-19/h3-15,20,23-24,26H,2,16-17H2,1H3/t20?,23-,24+,26-/m0/s1. The van der Waals surface area contributed by atoms with Gasteiger partial charge in [-0.3, -0.25) is 29.1 Å². The van der Waals surface area contributed by atoms with Crippen molar-refractivity contribution in [2.75, 3.05) is 21.2 Å². The van der Waals surface area contributed by atoms with Crippen LogP contribution >= 0.6 is 0 Å². The molecule has 4 atom stereocenters. The van der Waals surface area contributed by atoms with E-state index in [9.17, 15) is 19.2 Å². The molecule has 8 nitrogen and oxygen atoms in total. The first-order valence-corrected chi connectivity index (χ1v) is 12.6. The molecule has 0 N–H and O–H groups in total. The Kier molecular flexibility index (Phi) is 5.59. The van der Waals surface area contributed by atoms with Gasteiger partial charge >= 0.3 is 0 Å². The molecule has 1 unspecified atom stereocenters. The minimum atomic E-state index is -0.834. The molecule has 186 valence electrons. The molecule has 6 rings (SSSR count). The molecule has 1 aromatic heterocycles. The molecule has 0 bridgehead atoms. The maximum Gasteiger partial charge on any atom is 0.257 e. The molecule has 4 heterocycles. The Balaban J connectivity index is 1.49. The highest BCUT2D eigenvalue weighted by molar-refractivity contribution is 6.26. The number of imide groups is 2. The molecule has 0 aliphatic carbocycles. The van der Waals surface area contributed by atoms with E-state index in [-0.39, 0.29) is 30.0 Å². The number of fused-ring (bicyclic) bond motifs is 2. The molecule has 2 aromatic carbocycles. The first-order chi connectivity index (χ1) is 18.0. The van der Waals surface area contributed by atoms with E-state index in [2.05, 4.69) is 4.98 Å². The highest BCUT2D eigenvalue weighted by Crippen LogP contribution is 2.51. The van der Waals surface area contributed by atoms with E-state index in [1.165, 1.54) is 9.80 Å². The van der Waals surface area contributed by atoms with E-state index in [1.54, 1.807) is 60.8 Å². The average molecular weight is 495 g/mol. The molecule has 0 saturated carbocycles. The highest BCUT2D eigenvalue weighted by Gasteiger charge is 2.61. The molecule has 0 spiro atoms. The zero-order valence-electron chi connectivity index (χ0n) is 20.4. The van der Waals surface area contributed by atoms with Crippen LogP contribution in [-0.2, 0) is 19.2 Å². The maximum absolute atomic E-state index is 14.1. The number of anilines is 3. The molecular formula is C29H26N4O4. The molecule has 3 aliphatic heterocycles. The number of rotatable bonds is 5. The van der Waals surface area contributed by atoms with Gasteiger partial charge in [0, 0.05) is 25.1 Å². The molecule has 3 aliphatic rings. The number of para-hydroxylation sites is 2. The summed E-state index contributed by atoms with van der Waals surface area (Å²) in [6.07, 6.45) is 2.36. The fourth-order valence-electron chi connectivity index (χ4n) is 6.14. The van der Waals surface area contributed by atoms with Gasteiger partial charge in [-0.25, -0.2) is 4.90 Å². The van der Waals surface area contributed by atoms with E-state index in [1.807, 2.05) is 30.0 Å². The van der Waals surface area contributed by atoms with Gasteiger partial charge in [-0.2, -0.15) is 0 Å². The van der Waals surface area contributed by atoms with Crippen molar-refractivity contribution < 1.29 is 19.2 Å². The van der Waals surface area contributed by atoms with Crippen molar-refractivity contribution in [1.82, 2.24) is 4.98 Å². The molecule has 4 amide bonds. The van der Waals surface area contributed by atoms with Crippen LogP contribution in [0.1, 0.15) is 31.4 Å². The average Bonchev–Trinajstić information content (AvgIpc) is 3.36. The van der Waals surface area contributed by atoms with Crippen LogP contribution in [0.4, 0.5) is 17.1 Å². The first-order valence-electron chi connectivity index (χ1n) is 12.6. The van der Waals surface area contributed by atoms with Crippen LogP contribution in [-0.4, -0.2) is 41.2 Å². The number of amides is 4. The molecule has 37 heavy (non-hydrogen) atoms. The van der Waals surface area contributed by atoms with E-state index in [0.29, 0.717) is 23.6 Å². The van der Waals surface area contributed by atoms with Gasteiger partial charge in [0.25, 0.3) is 5.91 Å². The Bertz CT molecular complexity index is 1390. The second-order valence-electron chi connectivity index (χ2n) is 9.66. The van der Waals surface area contributed by atoms with E-state index in [4.69, 9.17) is 0 Å². The molecule has 0 radical (unpaired) electrons. The van der Waals surface area contributed by atoms with E-state index >= 15 is 0 Å². The summed E-state index contributed by atoms with van der Waals surface area (Å²) >= 11 is 0. The number of carbonyl (C=O) groups is 4. The lowest BCUT2D eigenvalue weighted by atomic mass is 9.72. The summed E-state index contributed by atoms with van der Waals surface area (Å²) in [5.74, 6) is -3.69. The summed E-state index contributed by atoms with van der Waals surface area (Å²) in [4.78, 5) is 64.0. The van der Waals surface area contributed by atoms with Crippen LogP contribution in [0.15, 0.2) is 79.0 Å². The van der Waals surface area contributed by atoms with Gasteiger partial charge in [-0.15, -0.1) is 0 Å². The van der Waals surface area contributed by atoms with Crippen molar-refractivity contribution in [2.45, 2.75) is 31.7 Å². The SMILES string of the molecule is CCCN1c2cccnc2[C@@H](C2CC(=O)N(c3ccccc3)C2=O)[C@H]2C(=O)N(c3ccccc3)C(=O)[C@H]21. The topological polar surface area (TPSA) is 90.9 Å². The highest BCUT2D eigenvalue weighted by atomic mass is 16.2. The number of carbonyl (C=O) groups excluding carboxylic acids is 4. The summed E-state index contributed by atoms with van der Waals surface area (Å²) in [6, 6.07) is 20.6. The summed E-state index contributed by atoms with van der Waals surface area (Å²) < 4.78 is 0. The lowest BCUT2D eigenvalue weighted by Gasteiger charge is -2.42. The van der Waals surface area contributed by atoms with Crippen LogP contribution in [0.25, 0.3) is 0 Å². The number of pyridine rings is 1. The Morgan fingerprint density at radius 1 is 0.757 bits per heavy atom. The van der Waals surface area contributed by atoms with Gasteiger partial charge in [0.2, 0.25) is 17.7 Å². The van der Waals surface area contributed by atoms with Crippen molar-refractivity contribution >= 4 is 40.7 Å². The van der Waals surface area contributed by atoms with Gasteiger partial charge in [-0.05, 0) is 42.8 Å². The molecule has 2 saturated heterocycles. The first kappa shape index (κ1) is 23.1. The van der Waals surface area contributed by atoms with Crippen LogP contribution in [0.3, 0.4) is 0 Å². The quantitative estimate of drug-likeness (QED) is 0.504. The second-order valence-corrected chi connectivity index (χ2v) is 9.66. The fourth-order valence-corrected chi connectivity index (χ4v) is 6.14. The largest absolute Gasteiger partial charge is 0.357 e. The zero-order chi connectivity index (χ0) is 25.7. The molecule has 8 heteroatoms. The van der Waals surface area contributed by atoms with Crippen molar-refractivity contribution in [3.05, 3.63) is 84.7 Å². The van der Waals surface area contributed by atoms with Crippen LogP contribution in [0.5, 0.6) is 0 Å². The normalized spacial score (nSPS) is 25.1. The van der Waals surface area contributed by atoms with Gasteiger partial charge in [0.1, 0.15) is 6.04 Å². The lowest BCUT2D eigenvalue weighted by molar-refractivity contribution is -0.124. The lowest BCUT2D eigenvalue weighted by Crippen LogP contribution is -2.52. The van der Waals surface area contributed by atoms with Crippen LogP contribution < -0.4 is 14.7 Å². The predicted molar refractivity (Wildman–Crippen MR) is 138 cm³/mol. The third-order valence-electron chi connectivity index (χ3n) is 7.59. The summed E-state index contributed by atoms with van der Waals surface area (Å²) in [7, 11) is 0. The predicted octanol–water partition coefficient (Wildman–Crippen LogP) is 3.53. The summed E-state index contributed by atoms with van der Waals surface area (Å²) in [5.41, 5.74) is 2.33. The zero-order valence-corrected chi connectivity index (χ0v) is 20.4. The third-order valence-corrected chi connectivity index (χ3v) is 7.59. The number of aromatic nitrogens is 1. The Labute approximate surface area is 214 Å². The Morgan fingerprint density at radius 2 is 1.41 bits per heavy atom. The number of hydrogen-bond acceptors (Lipinski definition) is 6. The minimum Gasteiger partial charge on any atom is -0.357 e.